The van der Waals surface area contributed by atoms with E-state index in [0.717, 1.165) is 11.1 Å². The number of nitrogens with two attached hydrogens (primary N) is 1. The van der Waals surface area contributed by atoms with Crippen LogP contribution in [0.25, 0.3) is 16.8 Å². The Balaban J connectivity index is 2.11. The molecule has 0 bridgehead atoms. The van der Waals surface area contributed by atoms with Crippen molar-refractivity contribution < 1.29 is 9.53 Å². The number of rotatable bonds is 3. The van der Waals surface area contributed by atoms with Crippen molar-refractivity contribution in [3.8, 4) is 11.1 Å². The summed E-state index contributed by atoms with van der Waals surface area (Å²) in [6.45, 7) is 2.00. The molecule has 2 N–H and O–H groups in total. The zero-order chi connectivity index (χ0) is 15.7. The van der Waals surface area contributed by atoms with E-state index in [1.807, 2.05) is 12.1 Å². The lowest BCUT2D eigenvalue weighted by atomic mass is 10.1. The molecule has 0 aliphatic carbocycles. The van der Waals surface area contributed by atoms with Gasteiger partial charge in [0.15, 0.2) is 5.65 Å². The normalized spacial score (nSPS) is 10.8. The summed E-state index contributed by atoms with van der Waals surface area (Å²) in [6, 6.07) is 7.32. The number of halogens is 1. The number of anilines is 1. The second-order valence-electron chi connectivity index (χ2n) is 4.58. The molecule has 22 heavy (non-hydrogen) atoms. The molecule has 0 fully saturated rings. The molecule has 0 amide bonds. The van der Waals surface area contributed by atoms with Crippen LogP contribution in [0.3, 0.4) is 0 Å². The third-order valence-electron chi connectivity index (χ3n) is 3.21. The minimum absolute atomic E-state index is 0.195. The lowest BCUT2D eigenvalue weighted by molar-refractivity contribution is 0.0526. The highest BCUT2D eigenvalue weighted by Crippen LogP contribution is 2.26. The molecule has 3 rings (SSSR count). The number of esters is 1. The van der Waals surface area contributed by atoms with Crippen molar-refractivity contribution in [3.05, 3.63) is 47.2 Å². The zero-order valence-corrected chi connectivity index (χ0v) is 12.5. The molecule has 2 aromatic heterocycles. The third-order valence-corrected chi connectivity index (χ3v) is 3.47. The quantitative estimate of drug-likeness (QED) is 0.751. The van der Waals surface area contributed by atoms with Crippen molar-refractivity contribution in [3.63, 3.8) is 0 Å². The highest BCUT2D eigenvalue weighted by Gasteiger charge is 2.17. The number of nitrogen functional groups attached to an aromatic ring is 1. The second kappa shape index (κ2) is 5.65. The molecule has 0 saturated heterocycles. The van der Waals surface area contributed by atoms with Crippen molar-refractivity contribution in [2.45, 2.75) is 6.92 Å². The van der Waals surface area contributed by atoms with Gasteiger partial charge < -0.3 is 10.5 Å². The van der Waals surface area contributed by atoms with Gasteiger partial charge in [-0.15, -0.1) is 0 Å². The van der Waals surface area contributed by atoms with E-state index < -0.39 is 5.97 Å². The van der Waals surface area contributed by atoms with Crippen LogP contribution in [-0.4, -0.2) is 27.2 Å². The lowest BCUT2D eigenvalue weighted by Gasteiger charge is -2.06. The smallest absolute Gasteiger partial charge is 0.343 e. The Kier molecular flexibility index (Phi) is 3.68. The standard InChI is InChI=1S/C15H13ClN4O2/c1-2-22-15(21)12-7-18-14-11(8-19-20(14)13(12)17)9-3-5-10(16)6-4-9/h3-8H,2,17H2,1H3. The number of benzene rings is 1. The summed E-state index contributed by atoms with van der Waals surface area (Å²) < 4.78 is 6.37. The van der Waals surface area contributed by atoms with E-state index in [2.05, 4.69) is 10.1 Å². The van der Waals surface area contributed by atoms with Crippen molar-refractivity contribution >= 4 is 29.0 Å². The van der Waals surface area contributed by atoms with Gasteiger partial charge in [0.25, 0.3) is 0 Å². The molecule has 112 valence electrons. The van der Waals surface area contributed by atoms with Crippen LogP contribution in [0.15, 0.2) is 36.7 Å². The van der Waals surface area contributed by atoms with Gasteiger partial charge in [-0.3, -0.25) is 0 Å². The summed E-state index contributed by atoms with van der Waals surface area (Å²) in [7, 11) is 0. The molecule has 0 atom stereocenters. The van der Waals surface area contributed by atoms with Gasteiger partial charge in [-0.1, -0.05) is 23.7 Å². The highest BCUT2D eigenvalue weighted by molar-refractivity contribution is 6.30. The van der Waals surface area contributed by atoms with Gasteiger partial charge in [0.2, 0.25) is 0 Å². The van der Waals surface area contributed by atoms with Crippen LogP contribution in [-0.2, 0) is 4.74 Å². The Labute approximate surface area is 131 Å². The van der Waals surface area contributed by atoms with Crippen LogP contribution >= 0.6 is 11.6 Å². The Hall–Kier alpha value is -2.60. The van der Waals surface area contributed by atoms with Crippen LogP contribution in [0.1, 0.15) is 17.3 Å². The van der Waals surface area contributed by atoms with E-state index >= 15 is 0 Å². The molecule has 0 radical (unpaired) electrons. The predicted octanol–water partition coefficient (Wildman–Crippen LogP) is 2.81. The average Bonchev–Trinajstić information content (AvgIpc) is 2.93. The molecule has 6 nitrogen and oxygen atoms in total. The molecule has 0 spiro atoms. The molecule has 0 saturated carbocycles. The molecular weight excluding hydrogens is 304 g/mol. The first-order valence-corrected chi connectivity index (χ1v) is 7.05. The Bertz CT molecular complexity index is 843. The first kappa shape index (κ1) is 14.3. The van der Waals surface area contributed by atoms with Crippen LogP contribution in [0, 0.1) is 0 Å². The molecule has 7 heteroatoms. The molecule has 1 aromatic carbocycles. The summed E-state index contributed by atoms with van der Waals surface area (Å²) in [5.41, 5.74) is 8.48. The average molecular weight is 317 g/mol. The van der Waals surface area contributed by atoms with E-state index in [9.17, 15) is 4.79 Å². The van der Waals surface area contributed by atoms with E-state index in [1.165, 1.54) is 10.7 Å². The summed E-state index contributed by atoms with van der Waals surface area (Å²) in [5, 5.41) is 4.86. The maximum Gasteiger partial charge on any atom is 0.343 e. The minimum atomic E-state index is -0.516. The first-order chi connectivity index (χ1) is 10.6. The zero-order valence-electron chi connectivity index (χ0n) is 11.8. The fourth-order valence-electron chi connectivity index (χ4n) is 2.15. The fraction of sp³-hybridized carbons (Fsp3) is 0.133. The van der Waals surface area contributed by atoms with Crippen LogP contribution in [0.5, 0.6) is 0 Å². The third kappa shape index (κ3) is 2.37. The Morgan fingerprint density at radius 2 is 2.05 bits per heavy atom. The summed E-state index contributed by atoms with van der Waals surface area (Å²) in [6.07, 6.45) is 3.06. The maximum absolute atomic E-state index is 11.8. The Morgan fingerprint density at radius 3 is 2.73 bits per heavy atom. The van der Waals surface area contributed by atoms with Crippen molar-refractivity contribution in [1.82, 2.24) is 14.6 Å². The highest BCUT2D eigenvalue weighted by atomic mass is 35.5. The van der Waals surface area contributed by atoms with E-state index in [-0.39, 0.29) is 18.0 Å². The van der Waals surface area contributed by atoms with Gasteiger partial charge in [0.05, 0.1) is 12.8 Å². The molecular formula is C15H13ClN4O2. The van der Waals surface area contributed by atoms with Gasteiger partial charge in [-0.05, 0) is 24.6 Å². The summed E-state index contributed by atoms with van der Waals surface area (Å²) in [5.74, 6) is -0.318. The minimum Gasteiger partial charge on any atom is -0.462 e. The van der Waals surface area contributed by atoms with Crippen molar-refractivity contribution in [2.24, 2.45) is 0 Å². The van der Waals surface area contributed by atoms with Crippen LogP contribution in [0.4, 0.5) is 5.82 Å². The van der Waals surface area contributed by atoms with Gasteiger partial charge in [-0.25, -0.2) is 9.78 Å². The fourth-order valence-corrected chi connectivity index (χ4v) is 2.27. The molecule has 0 aliphatic rings. The van der Waals surface area contributed by atoms with Gasteiger partial charge in [0, 0.05) is 16.8 Å². The van der Waals surface area contributed by atoms with E-state index in [0.29, 0.717) is 10.7 Å². The molecule has 0 aliphatic heterocycles. The number of carbonyl (C=O) groups excluding carboxylic acids is 1. The summed E-state index contributed by atoms with van der Waals surface area (Å²) in [4.78, 5) is 16.1. The summed E-state index contributed by atoms with van der Waals surface area (Å²) >= 11 is 5.89. The number of ether oxygens (including phenoxy) is 1. The van der Waals surface area contributed by atoms with Gasteiger partial charge in [-0.2, -0.15) is 9.61 Å². The van der Waals surface area contributed by atoms with Gasteiger partial charge in [0.1, 0.15) is 11.4 Å². The molecule has 0 unspecified atom stereocenters. The van der Waals surface area contributed by atoms with E-state index in [1.54, 1.807) is 25.3 Å². The molecule has 2 heterocycles. The predicted molar refractivity (Wildman–Crippen MR) is 83.8 cm³/mol. The molecule has 3 aromatic rings. The number of carbonyl (C=O) groups is 1. The SMILES string of the molecule is CCOC(=O)c1cnc2c(-c3ccc(Cl)cc3)cnn2c1N. The largest absolute Gasteiger partial charge is 0.462 e. The lowest BCUT2D eigenvalue weighted by Crippen LogP contribution is -2.12. The second-order valence-corrected chi connectivity index (χ2v) is 5.01. The number of hydrogen-bond acceptors (Lipinski definition) is 5. The first-order valence-electron chi connectivity index (χ1n) is 6.67. The number of hydrogen-bond donors (Lipinski definition) is 1. The van der Waals surface area contributed by atoms with Crippen LogP contribution in [0.2, 0.25) is 5.02 Å². The van der Waals surface area contributed by atoms with Crippen molar-refractivity contribution in [1.29, 1.82) is 0 Å². The Morgan fingerprint density at radius 1 is 1.32 bits per heavy atom. The topological polar surface area (TPSA) is 82.5 Å². The number of nitrogens with zero attached hydrogens (tertiary/aromatic N) is 3. The van der Waals surface area contributed by atoms with Crippen molar-refractivity contribution in [2.75, 3.05) is 12.3 Å². The van der Waals surface area contributed by atoms with Gasteiger partial charge >= 0.3 is 5.97 Å². The monoisotopic (exact) mass is 316 g/mol. The van der Waals surface area contributed by atoms with Crippen LogP contribution < -0.4 is 5.73 Å². The maximum atomic E-state index is 11.8. The number of aromatic nitrogens is 3. The number of fused-ring (bicyclic) bond motifs is 1. The van der Waals surface area contributed by atoms with E-state index in [4.69, 9.17) is 22.1 Å².